The topological polar surface area (TPSA) is 57.8 Å². The summed E-state index contributed by atoms with van der Waals surface area (Å²) >= 11 is 0. The Morgan fingerprint density at radius 3 is 2.81 bits per heavy atom. The number of amides is 1. The number of aryl methyl sites for hydroxylation is 1. The lowest BCUT2D eigenvalue weighted by molar-refractivity contribution is -0.126. The van der Waals surface area contributed by atoms with Gasteiger partial charge in [0.2, 0.25) is 5.91 Å². The van der Waals surface area contributed by atoms with Gasteiger partial charge in [0.25, 0.3) is 0 Å². The van der Waals surface area contributed by atoms with E-state index in [1.165, 1.54) is 5.56 Å². The number of carbonyl (C=O) groups excluding carboxylic acids is 1. The predicted molar refractivity (Wildman–Crippen MR) is 81.8 cm³/mol. The summed E-state index contributed by atoms with van der Waals surface area (Å²) in [7, 11) is 0. The highest BCUT2D eigenvalue weighted by molar-refractivity contribution is 5.88. The Bertz CT molecular complexity index is 613. The van der Waals surface area contributed by atoms with Crippen LogP contribution in [0.15, 0.2) is 36.5 Å². The summed E-state index contributed by atoms with van der Waals surface area (Å²) < 4.78 is 0. The van der Waals surface area contributed by atoms with Crippen LogP contribution in [0.25, 0.3) is 0 Å². The molecular formula is C17H21N3O. The highest BCUT2D eigenvalue weighted by Crippen LogP contribution is 2.41. The zero-order chi connectivity index (χ0) is 14.7. The van der Waals surface area contributed by atoms with Crippen molar-refractivity contribution in [2.45, 2.75) is 44.6 Å². The molecule has 4 heteroatoms. The van der Waals surface area contributed by atoms with Crippen molar-refractivity contribution in [3.63, 3.8) is 0 Å². The number of rotatable bonds is 4. The van der Waals surface area contributed by atoms with Gasteiger partial charge >= 0.3 is 0 Å². The van der Waals surface area contributed by atoms with E-state index in [0.29, 0.717) is 6.54 Å². The van der Waals surface area contributed by atoms with E-state index in [0.717, 1.165) is 36.9 Å². The Labute approximate surface area is 125 Å². The second-order valence-corrected chi connectivity index (χ2v) is 5.92. The van der Waals surface area contributed by atoms with Crippen molar-refractivity contribution >= 4 is 5.91 Å². The largest absolute Gasteiger partial charge is 0.350 e. The van der Waals surface area contributed by atoms with E-state index in [1.54, 1.807) is 6.20 Å². The molecule has 1 saturated carbocycles. The van der Waals surface area contributed by atoms with Crippen molar-refractivity contribution in [1.29, 1.82) is 0 Å². The lowest BCUT2D eigenvalue weighted by atomic mass is 9.77. The molecule has 0 aliphatic heterocycles. The first-order valence-corrected chi connectivity index (χ1v) is 7.54. The van der Waals surface area contributed by atoms with Gasteiger partial charge in [-0.05, 0) is 31.4 Å². The van der Waals surface area contributed by atoms with Gasteiger partial charge in [-0.2, -0.15) is 5.10 Å². The molecule has 2 N–H and O–H groups in total. The van der Waals surface area contributed by atoms with E-state index in [-0.39, 0.29) is 11.3 Å². The van der Waals surface area contributed by atoms with Gasteiger partial charge in [-0.15, -0.1) is 0 Å². The van der Waals surface area contributed by atoms with Crippen molar-refractivity contribution in [3.8, 4) is 0 Å². The molecule has 110 valence electrons. The van der Waals surface area contributed by atoms with Crippen molar-refractivity contribution in [3.05, 3.63) is 53.3 Å². The minimum atomic E-state index is -0.355. The molecule has 0 saturated heterocycles. The maximum Gasteiger partial charge on any atom is 0.230 e. The Kier molecular flexibility index (Phi) is 3.78. The van der Waals surface area contributed by atoms with Gasteiger partial charge in [0.05, 0.1) is 17.7 Å². The molecular weight excluding hydrogens is 262 g/mol. The van der Waals surface area contributed by atoms with Gasteiger partial charge in [-0.25, -0.2) is 0 Å². The molecule has 1 amide bonds. The molecule has 0 unspecified atom stereocenters. The van der Waals surface area contributed by atoms with Gasteiger partial charge in [0.1, 0.15) is 0 Å². The van der Waals surface area contributed by atoms with Crippen LogP contribution >= 0.6 is 0 Å². The van der Waals surface area contributed by atoms with Crippen LogP contribution in [0.3, 0.4) is 0 Å². The van der Waals surface area contributed by atoms with Crippen molar-refractivity contribution in [2.75, 3.05) is 0 Å². The summed E-state index contributed by atoms with van der Waals surface area (Å²) in [6, 6.07) is 10.3. The summed E-state index contributed by atoms with van der Waals surface area (Å²) in [6.07, 6.45) is 5.81. The lowest BCUT2D eigenvalue weighted by Crippen LogP contribution is -2.42. The molecule has 2 aromatic rings. The first kappa shape index (κ1) is 13.9. The SMILES string of the molecule is Cc1cccc(C2(C(=O)NCc3ccn[nH]3)CCCC2)c1. The molecule has 1 heterocycles. The molecule has 4 nitrogen and oxygen atoms in total. The van der Waals surface area contributed by atoms with Crippen LogP contribution in [-0.4, -0.2) is 16.1 Å². The van der Waals surface area contributed by atoms with Crippen LogP contribution in [0.1, 0.15) is 42.5 Å². The molecule has 21 heavy (non-hydrogen) atoms. The smallest absolute Gasteiger partial charge is 0.230 e. The fourth-order valence-corrected chi connectivity index (χ4v) is 3.30. The normalized spacial score (nSPS) is 16.8. The van der Waals surface area contributed by atoms with Gasteiger partial charge in [0.15, 0.2) is 0 Å². The number of aromatic amines is 1. The second-order valence-electron chi connectivity index (χ2n) is 5.92. The Balaban J connectivity index is 1.81. The van der Waals surface area contributed by atoms with E-state index >= 15 is 0 Å². The van der Waals surface area contributed by atoms with E-state index in [2.05, 4.69) is 40.6 Å². The highest BCUT2D eigenvalue weighted by atomic mass is 16.2. The third kappa shape index (κ3) is 2.71. The van der Waals surface area contributed by atoms with Crippen molar-refractivity contribution in [1.82, 2.24) is 15.5 Å². The number of nitrogens with zero attached hydrogens (tertiary/aromatic N) is 1. The number of carbonyl (C=O) groups is 1. The maximum atomic E-state index is 12.8. The summed E-state index contributed by atoms with van der Waals surface area (Å²) in [5.41, 5.74) is 2.94. The van der Waals surface area contributed by atoms with Gasteiger partial charge in [0, 0.05) is 6.20 Å². The summed E-state index contributed by atoms with van der Waals surface area (Å²) in [5.74, 6) is 0.139. The molecule has 0 spiro atoms. The fraction of sp³-hybridized carbons (Fsp3) is 0.412. The van der Waals surface area contributed by atoms with Crippen LogP contribution in [-0.2, 0) is 16.8 Å². The molecule has 1 aliphatic carbocycles. The van der Waals surface area contributed by atoms with Crippen LogP contribution in [0, 0.1) is 6.92 Å². The van der Waals surface area contributed by atoms with Gasteiger partial charge in [-0.3, -0.25) is 9.89 Å². The third-order valence-corrected chi connectivity index (χ3v) is 4.46. The first-order valence-electron chi connectivity index (χ1n) is 7.54. The summed E-state index contributed by atoms with van der Waals surface area (Å²) in [6.45, 7) is 2.58. The zero-order valence-corrected chi connectivity index (χ0v) is 12.4. The van der Waals surface area contributed by atoms with E-state index in [4.69, 9.17) is 0 Å². The fourth-order valence-electron chi connectivity index (χ4n) is 3.30. The molecule has 1 aliphatic rings. The van der Waals surface area contributed by atoms with E-state index in [1.807, 2.05) is 12.1 Å². The number of hydrogen-bond donors (Lipinski definition) is 2. The zero-order valence-electron chi connectivity index (χ0n) is 12.4. The molecule has 0 atom stereocenters. The molecule has 0 bridgehead atoms. The van der Waals surface area contributed by atoms with Gasteiger partial charge < -0.3 is 5.32 Å². The lowest BCUT2D eigenvalue weighted by Gasteiger charge is -2.28. The average Bonchev–Trinajstić information content (AvgIpc) is 3.17. The average molecular weight is 283 g/mol. The quantitative estimate of drug-likeness (QED) is 0.906. The Morgan fingerprint density at radius 1 is 1.33 bits per heavy atom. The highest BCUT2D eigenvalue weighted by Gasteiger charge is 2.42. The number of aromatic nitrogens is 2. The minimum absolute atomic E-state index is 0.139. The van der Waals surface area contributed by atoms with E-state index in [9.17, 15) is 4.79 Å². The maximum absolute atomic E-state index is 12.8. The molecule has 3 rings (SSSR count). The predicted octanol–water partition coefficient (Wildman–Crippen LogP) is 2.85. The van der Waals surface area contributed by atoms with Crippen LogP contribution in [0.5, 0.6) is 0 Å². The van der Waals surface area contributed by atoms with Gasteiger partial charge in [-0.1, -0.05) is 42.7 Å². The first-order chi connectivity index (χ1) is 10.2. The van der Waals surface area contributed by atoms with Crippen molar-refractivity contribution < 1.29 is 4.79 Å². The second kappa shape index (κ2) is 5.72. The number of nitrogens with one attached hydrogen (secondary N) is 2. The van der Waals surface area contributed by atoms with Crippen LogP contribution in [0.4, 0.5) is 0 Å². The molecule has 0 radical (unpaired) electrons. The monoisotopic (exact) mass is 283 g/mol. The molecule has 1 fully saturated rings. The minimum Gasteiger partial charge on any atom is -0.350 e. The van der Waals surface area contributed by atoms with Crippen molar-refractivity contribution in [2.24, 2.45) is 0 Å². The summed E-state index contributed by atoms with van der Waals surface area (Å²) in [5, 5.41) is 9.86. The van der Waals surface area contributed by atoms with Crippen LogP contribution < -0.4 is 5.32 Å². The Hall–Kier alpha value is -2.10. The number of hydrogen-bond acceptors (Lipinski definition) is 2. The standard InChI is InChI=1S/C17H21N3O/c1-13-5-4-6-14(11-13)17(8-2-3-9-17)16(21)18-12-15-7-10-19-20-15/h4-7,10-11H,2-3,8-9,12H2,1H3,(H,18,21)(H,19,20). The summed E-state index contributed by atoms with van der Waals surface area (Å²) in [4.78, 5) is 12.8. The molecule has 1 aromatic heterocycles. The third-order valence-electron chi connectivity index (χ3n) is 4.46. The Morgan fingerprint density at radius 2 is 2.14 bits per heavy atom. The van der Waals surface area contributed by atoms with E-state index < -0.39 is 0 Å². The number of H-pyrrole nitrogens is 1. The number of benzene rings is 1. The molecule has 1 aromatic carbocycles. The van der Waals surface area contributed by atoms with Crippen LogP contribution in [0.2, 0.25) is 0 Å².